The van der Waals surface area contributed by atoms with Gasteiger partial charge in [0.2, 0.25) is 0 Å². The van der Waals surface area contributed by atoms with Crippen LogP contribution >= 0.6 is 15.9 Å². The summed E-state index contributed by atoms with van der Waals surface area (Å²) in [7, 11) is 1.87. The van der Waals surface area contributed by atoms with Gasteiger partial charge in [-0.1, -0.05) is 28.1 Å². The van der Waals surface area contributed by atoms with Crippen molar-refractivity contribution in [3.63, 3.8) is 0 Å². The molecular weight excluding hydrogens is 295 g/mol. The standard InChI is InChI=1S/C14H14BrFN2/c1-17-14(11-3-2-6-18-9-11)7-10-4-5-12(15)8-13(10)16/h2-6,8-9,14,17H,7H2,1H3. The summed E-state index contributed by atoms with van der Waals surface area (Å²) in [6, 6.07) is 9.09. The number of aromatic nitrogens is 1. The van der Waals surface area contributed by atoms with Crippen molar-refractivity contribution < 1.29 is 4.39 Å². The van der Waals surface area contributed by atoms with Gasteiger partial charge in [0.1, 0.15) is 5.82 Å². The van der Waals surface area contributed by atoms with E-state index >= 15 is 0 Å². The van der Waals surface area contributed by atoms with Crippen LogP contribution in [0.1, 0.15) is 17.2 Å². The molecule has 1 atom stereocenters. The first-order valence-corrected chi connectivity index (χ1v) is 6.51. The van der Waals surface area contributed by atoms with Crippen LogP contribution in [0.2, 0.25) is 0 Å². The van der Waals surface area contributed by atoms with E-state index in [0.717, 1.165) is 10.0 Å². The van der Waals surface area contributed by atoms with Crippen LogP contribution in [0, 0.1) is 5.82 Å². The van der Waals surface area contributed by atoms with Crippen LogP contribution < -0.4 is 5.32 Å². The minimum Gasteiger partial charge on any atom is -0.313 e. The molecule has 2 rings (SSSR count). The molecule has 0 saturated heterocycles. The lowest BCUT2D eigenvalue weighted by molar-refractivity contribution is 0.553. The molecule has 0 fully saturated rings. The Morgan fingerprint density at radius 3 is 2.83 bits per heavy atom. The van der Waals surface area contributed by atoms with Crippen LogP contribution in [0.5, 0.6) is 0 Å². The maximum Gasteiger partial charge on any atom is 0.127 e. The van der Waals surface area contributed by atoms with Crippen LogP contribution in [-0.4, -0.2) is 12.0 Å². The Balaban J connectivity index is 2.21. The molecule has 0 bridgehead atoms. The van der Waals surface area contributed by atoms with E-state index < -0.39 is 0 Å². The van der Waals surface area contributed by atoms with Crippen molar-refractivity contribution in [2.24, 2.45) is 0 Å². The lowest BCUT2D eigenvalue weighted by Gasteiger charge is -2.16. The third kappa shape index (κ3) is 3.15. The normalized spacial score (nSPS) is 12.4. The number of pyridine rings is 1. The first kappa shape index (κ1) is 13.2. The molecule has 0 aliphatic heterocycles. The molecule has 1 N–H and O–H groups in total. The number of likely N-dealkylation sites (N-methyl/N-ethyl adjacent to an activating group) is 1. The Kier molecular flexibility index (Phi) is 4.44. The third-order valence-electron chi connectivity index (χ3n) is 2.87. The quantitative estimate of drug-likeness (QED) is 0.935. The Labute approximate surface area is 114 Å². The van der Waals surface area contributed by atoms with Gasteiger partial charge < -0.3 is 5.32 Å². The van der Waals surface area contributed by atoms with E-state index in [1.807, 2.05) is 25.2 Å². The third-order valence-corrected chi connectivity index (χ3v) is 3.37. The minimum absolute atomic E-state index is 0.0642. The topological polar surface area (TPSA) is 24.9 Å². The highest BCUT2D eigenvalue weighted by Gasteiger charge is 2.12. The van der Waals surface area contributed by atoms with E-state index in [2.05, 4.69) is 26.2 Å². The zero-order chi connectivity index (χ0) is 13.0. The Hall–Kier alpha value is -1.26. The van der Waals surface area contributed by atoms with Gasteiger partial charge in [-0.2, -0.15) is 0 Å². The number of nitrogens with zero attached hydrogens (tertiary/aromatic N) is 1. The van der Waals surface area contributed by atoms with Gasteiger partial charge in [0.15, 0.2) is 0 Å². The number of hydrogen-bond donors (Lipinski definition) is 1. The van der Waals surface area contributed by atoms with Gasteiger partial charge >= 0.3 is 0 Å². The summed E-state index contributed by atoms with van der Waals surface area (Å²) in [6.45, 7) is 0. The summed E-state index contributed by atoms with van der Waals surface area (Å²) in [4.78, 5) is 4.09. The van der Waals surface area contributed by atoms with Crippen LogP contribution in [0.3, 0.4) is 0 Å². The number of rotatable bonds is 4. The fraction of sp³-hybridized carbons (Fsp3) is 0.214. The molecule has 0 amide bonds. The number of halogens is 2. The summed E-state index contributed by atoms with van der Waals surface area (Å²) in [5, 5.41) is 3.19. The van der Waals surface area contributed by atoms with Crippen LogP contribution in [0.4, 0.5) is 4.39 Å². The molecule has 0 radical (unpaired) electrons. The fourth-order valence-corrected chi connectivity index (χ4v) is 2.21. The Morgan fingerprint density at radius 2 is 2.22 bits per heavy atom. The smallest absolute Gasteiger partial charge is 0.127 e. The molecule has 1 heterocycles. The van der Waals surface area contributed by atoms with Gasteiger partial charge in [-0.05, 0) is 42.8 Å². The highest BCUT2D eigenvalue weighted by molar-refractivity contribution is 9.10. The number of hydrogen-bond acceptors (Lipinski definition) is 2. The van der Waals surface area contributed by atoms with E-state index in [0.29, 0.717) is 12.0 Å². The maximum absolute atomic E-state index is 13.8. The molecule has 0 aliphatic carbocycles. The number of nitrogens with one attached hydrogen (secondary N) is 1. The average molecular weight is 309 g/mol. The second-order valence-electron chi connectivity index (χ2n) is 4.07. The molecule has 18 heavy (non-hydrogen) atoms. The Bertz CT molecular complexity index is 516. The molecule has 94 valence electrons. The highest BCUT2D eigenvalue weighted by Crippen LogP contribution is 2.21. The first-order valence-electron chi connectivity index (χ1n) is 5.72. The van der Waals surface area contributed by atoms with Crippen molar-refractivity contribution in [1.29, 1.82) is 0 Å². The lowest BCUT2D eigenvalue weighted by atomic mass is 10.00. The zero-order valence-electron chi connectivity index (χ0n) is 10.0. The molecule has 1 unspecified atom stereocenters. The summed E-state index contributed by atoms with van der Waals surface area (Å²) in [5.74, 6) is -0.187. The first-order chi connectivity index (χ1) is 8.70. The fourth-order valence-electron chi connectivity index (χ4n) is 1.88. The number of benzene rings is 1. The van der Waals surface area contributed by atoms with Gasteiger partial charge in [0.25, 0.3) is 0 Å². The van der Waals surface area contributed by atoms with Crippen molar-refractivity contribution in [2.45, 2.75) is 12.5 Å². The van der Waals surface area contributed by atoms with Gasteiger partial charge in [-0.15, -0.1) is 0 Å². The lowest BCUT2D eigenvalue weighted by Crippen LogP contribution is -2.19. The van der Waals surface area contributed by atoms with Gasteiger partial charge in [0.05, 0.1) is 0 Å². The van der Waals surface area contributed by atoms with Crippen LogP contribution in [0.25, 0.3) is 0 Å². The molecule has 0 spiro atoms. The second-order valence-corrected chi connectivity index (χ2v) is 4.98. The zero-order valence-corrected chi connectivity index (χ0v) is 11.6. The highest BCUT2D eigenvalue weighted by atomic mass is 79.9. The molecule has 0 saturated carbocycles. The van der Waals surface area contributed by atoms with E-state index in [1.165, 1.54) is 6.07 Å². The molecule has 4 heteroatoms. The van der Waals surface area contributed by atoms with E-state index in [1.54, 1.807) is 18.5 Å². The summed E-state index contributed by atoms with van der Waals surface area (Å²) < 4.78 is 14.5. The van der Waals surface area contributed by atoms with Crippen molar-refractivity contribution in [1.82, 2.24) is 10.3 Å². The van der Waals surface area contributed by atoms with Crippen LogP contribution in [-0.2, 0) is 6.42 Å². The van der Waals surface area contributed by atoms with Gasteiger partial charge in [-0.3, -0.25) is 4.98 Å². The van der Waals surface area contributed by atoms with Crippen molar-refractivity contribution in [2.75, 3.05) is 7.05 Å². The summed E-state index contributed by atoms with van der Waals surface area (Å²) in [6.07, 6.45) is 4.13. The minimum atomic E-state index is -0.187. The molecule has 1 aromatic carbocycles. The summed E-state index contributed by atoms with van der Waals surface area (Å²) >= 11 is 3.26. The molecular formula is C14H14BrFN2. The molecule has 2 aromatic rings. The molecule has 2 nitrogen and oxygen atoms in total. The Morgan fingerprint density at radius 1 is 1.39 bits per heavy atom. The van der Waals surface area contributed by atoms with Crippen LogP contribution in [0.15, 0.2) is 47.2 Å². The predicted molar refractivity (Wildman–Crippen MR) is 73.8 cm³/mol. The van der Waals surface area contributed by atoms with E-state index in [9.17, 15) is 4.39 Å². The largest absolute Gasteiger partial charge is 0.313 e. The molecule has 0 aliphatic rings. The summed E-state index contributed by atoms with van der Waals surface area (Å²) in [5.41, 5.74) is 1.75. The van der Waals surface area contributed by atoms with Gasteiger partial charge in [-0.25, -0.2) is 4.39 Å². The maximum atomic E-state index is 13.8. The monoisotopic (exact) mass is 308 g/mol. The average Bonchev–Trinajstić information content (AvgIpc) is 2.39. The SMILES string of the molecule is CNC(Cc1ccc(Br)cc1F)c1cccnc1. The van der Waals surface area contributed by atoms with Crippen molar-refractivity contribution >= 4 is 15.9 Å². The second kappa shape index (κ2) is 6.07. The molecule has 1 aromatic heterocycles. The van der Waals surface area contributed by atoms with Gasteiger partial charge in [0, 0.05) is 22.9 Å². The van der Waals surface area contributed by atoms with Crippen molar-refractivity contribution in [3.8, 4) is 0 Å². The predicted octanol–water partition coefficient (Wildman–Crippen LogP) is 3.49. The van der Waals surface area contributed by atoms with Crippen molar-refractivity contribution in [3.05, 3.63) is 64.1 Å². The van der Waals surface area contributed by atoms with E-state index in [-0.39, 0.29) is 11.9 Å². The van der Waals surface area contributed by atoms with E-state index in [4.69, 9.17) is 0 Å².